The summed E-state index contributed by atoms with van der Waals surface area (Å²) < 4.78 is 0. The Morgan fingerprint density at radius 3 is 1.53 bits per heavy atom. The monoisotopic (exact) mass is 505 g/mol. The van der Waals surface area contributed by atoms with Crippen LogP contribution in [0.5, 0.6) is 11.5 Å². The normalized spacial score (nSPS) is 11.4. The van der Waals surface area contributed by atoms with Crippen LogP contribution in [0.2, 0.25) is 0 Å². The van der Waals surface area contributed by atoms with Gasteiger partial charge in [0, 0.05) is 10.8 Å². The van der Waals surface area contributed by atoms with Gasteiger partial charge in [-0.2, -0.15) is 10.2 Å². The number of aromatic nitrogens is 3. The number of phenolic OH excluding ortho intramolecular Hbond substituents is 2. The van der Waals surface area contributed by atoms with Gasteiger partial charge in [-0.3, -0.25) is 9.59 Å². The Balaban J connectivity index is 1.22. The van der Waals surface area contributed by atoms with Crippen molar-refractivity contribution in [3.05, 3.63) is 102 Å². The number of rotatable bonds is 6. The Morgan fingerprint density at radius 1 is 0.605 bits per heavy atom. The highest BCUT2D eigenvalue weighted by Crippen LogP contribution is 2.22. The number of hydrogen-bond donors (Lipinski definition) is 4. The van der Waals surface area contributed by atoms with Crippen molar-refractivity contribution in [1.82, 2.24) is 25.8 Å². The Morgan fingerprint density at radius 2 is 1.05 bits per heavy atom. The minimum absolute atomic E-state index is 0.0328. The molecule has 186 valence electrons. The number of amides is 2. The van der Waals surface area contributed by atoms with E-state index in [1.54, 1.807) is 36.4 Å². The zero-order valence-electron chi connectivity index (χ0n) is 19.6. The lowest BCUT2D eigenvalue weighted by Crippen LogP contribution is -2.23. The number of carbonyl (C=O) groups is 2. The zero-order valence-corrected chi connectivity index (χ0v) is 19.6. The minimum atomic E-state index is -0.636. The predicted molar refractivity (Wildman–Crippen MR) is 141 cm³/mol. The molecule has 0 atom stereocenters. The number of phenols is 2. The molecule has 11 nitrogen and oxygen atoms in total. The molecule has 0 saturated carbocycles. The summed E-state index contributed by atoms with van der Waals surface area (Å²) in [5.74, 6) is -1.19. The summed E-state index contributed by atoms with van der Waals surface area (Å²) in [5.41, 5.74) is 6.29. The van der Waals surface area contributed by atoms with Gasteiger partial charge in [-0.1, -0.05) is 42.5 Å². The van der Waals surface area contributed by atoms with E-state index in [4.69, 9.17) is 0 Å². The molecule has 2 amide bonds. The van der Waals surface area contributed by atoms with Crippen molar-refractivity contribution < 1.29 is 19.8 Å². The molecule has 0 fully saturated rings. The quantitative estimate of drug-likeness (QED) is 0.204. The topological polar surface area (TPSA) is 162 Å². The lowest BCUT2D eigenvalue weighted by molar-refractivity contribution is 0.0945. The number of carbonyl (C=O) groups excluding carboxylic acids is 2. The number of pyridine rings is 3. The largest absolute Gasteiger partial charge is 0.506 e. The molecule has 38 heavy (non-hydrogen) atoms. The van der Waals surface area contributed by atoms with Crippen LogP contribution in [-0.4, -0.2) is 49.4 Å². The number of para-hydroxylation sites is 2. The highest BCUT2D eigenvalue weighted by Gasteiger charge is 2.12. The second kappa shape index (κ2) is 10.5. The Labute approximate surface area is 215 Å². The number of hydrazone groups is 2. The molecule has 4 N–H and O–H groups in total. The summed E-state index contributed by atoms with van der Waals surface area (Å²) in [4.78, 5) is 37.6. The summed E-state index contributed by atoms with van der Waals surface area (Å²) in [6.45, 7) is 0. The zero-order chi connectivity index (χ0) is 26.5. The molecule has 0 aliphatic heterocycles. The lowest BCUT2D eigenvalue weighted by Gasteiger charge is -2.03. The highest BCUT2D eigenvalue weighted by molar-refractivity contribution is 5.97. The fraction of sp³-hybridized carbons (Fsp3) is 0. The molecule has 5 rings (SSSR count). The molecular formula is C27H19N7O4. The summed E-state index contributed by atoms with van der Waals surface area (Å²) in [6, 6.07) is 21.4. The first-order chi connectivity index (χ1) is 18.5. The third kappa shape index (κ3) is 5.26. The fourth-order valence-electron chi connectivity index (χ4n) is 3.55. The van der Waals surface area contributed by atoms with E-state index in [2.05, 4.69) is 36.0 Å². The van der Waals surface area contributed by atoms with Crippen LogP contribution in [0.25, 0.3) is 21.8 Å². The van der Waals surface area contributed by atoms with E-state index in [0.29, 0.717) is 22.4 Å². The van der Waals surface area contributed by atoms with Crippen molar-refractivity contribution >= 4 is 46.0 Å². The number of nitrogens with zero attached hydrogens (tertiary/aromatic N) is 5. The van der Waals surface area contributed by atoms with Crippen LogP contribution in [0, 0.1) is 0 Å². The fourth-order valence-corrected chi connectivity index (χ4v) is 3.55. The van der Waals surface area contributed by atoms with Crippen molar-refractivity contribution in [2.75, 3.05) is 0 Å². The Hall–Kier alpha value is -5.71. The van der Waals surface area contributed by atoms with Crippen LogP contribution in [-0.2, 0) is 0 Å². The van der Waals surface area contributed by atoms with Crippen molar-refractivity contribution in [3.8, 4) is 11.5 Å². The first-order valence-electron chi connectivity index (χ1n) is 11.3. The van der Waals surface area contributed by atoms with E-state index >= 15 is 0 Å². The van der Waals surface area contributed by atoms with Crippen LogP contribution in [0.3, 0.4) is 0 Å². The van der Waals surface area contributed by atoms with Crippen LogP contribution in [0.4, 0.5) is 0 Å². The summed E-state index contributed by atoms with van der Waals surface area (Å²) >= 11 is 0. The molecule has 0 aliphatic carbocycles. The summed E-state index contributed by atoms with van der Waals surface area (Å²) in [7, 11) is 0. The molecule has 0 unspecified atom stereocenters. The van der Waals surface area contributed by atoms with Crippen LogP contribution < -0.4 is 10.9 Å². The van der Waals surface area contributed by atoms with E-state index in [0.717, 1.165) is 10.8 Å². The lowest BCUT2D eigenvalue weighted by atomic mass is 10.2. The van der Waals surface area contributed by atoms with Crippen molar-refractivity contribution in [2.45, 2.75) is 0 Å². The maximum absolute atomic E-state index is 12.5. The Bertz CT molecular complexity index is 1630. The number of hydrogen-bond acceptors (Lipinski definition) is 9. The average Bonchev–Trinajstić information content (AvgIpc) is 2.94. The minimum Gasteiger partial charge on any atom is -0.506 e. The molecule has 0 aliphatic rings. The van der Waals surface area contributed by atoms with Gasteiger partial charge in [-0.15, -0.1) is 0 Å². The van der Waals surface area contributed by atoms with E-state index in [1.807, 2.05) is 12.1 Å². The first-order valence-corrected chi connectivity index (χ1v) is 11.3. The van der Waals surface area contributed by atoms with Gasteiger partial charge in [0.2, 0.25) is 0 Å². The van der Waals surface area contributed by atoms with Crippen LogP contribution in [0.1, 0.15) is 32.4 Å². The maximum atomic E-state index is 12.5. The number of nitrogens with one attached hydrogen (secondary N) is 2. The van der Waals surface area contributed by atoms with Gasteiger partial charge in [-0.25, -0.2) is 25.8 Å². The van der Waals surface area contributed by atoms with Gasteiger partial charge >= 0.3 is 0 Å². The molecule has 0 bridgehead atoms. The van der Waals surface area contributed by atoms with Gasteiger partial charge in [0.15, 0.2) is 0 Å². The van der Waals surface area contributed by atoms with Crippen molar-refractivity contribution in [2.24, 2.45) is 10.2 Å². The van der Waals surface area contributed by atoms with E-state index < -0.39 is 11.8 Å². The van der Waals surface area contributed by atoms with Gasteiger partial charge in [0.25, 0.3) is 11.8 Å². The molecular weight excluding hydrogens is 486 g/mol. The van der Waals surface area contributed by atoms with E-state index in [9.17, 15) is 19.8 Å². The second-order valence-corrected chi connectivity index (χ2v) is 7.98. The van der Waals surface area contributed by atoms with Gasteiger partial charge in [0.1, 0.15) is 33.9 Å². The molecule has 3 aromatic heterocycles. The standard InChI is InChI=1S/C27H19N7O4/c35-22-8-1-4-16-10-12-18(30-24(16)22)14-28-33-26(37)20-6-3-7-21(32-20)27(38)34-29-15-19-13-11-17-5-2-9-23(36)25(17)31-19/h1-15,35-36H,(H,33,37)(H,34,38)/b28-14+,29-15+. The van der Waals surface area contributed by atoms with Crippen LogP contribution in [0.15, 0.2) is 89.1 Å². The first kappa shape index (κ1) is 24.0. The predicted octanol–water partition coefficient (Wildman–Crippen LogP) is 3.12. The van der Waals surface area contributed by atoms with Crippen LogP contribution >= 0.6 is 0 Å². The molecule has 3 heterocycles. The third-order valence-electron chi connectivity index (χ3n) is 5.38. The number of benzene rings is 2. The highest BCUT2D eigenvalue weighted by atomic mass is 16.3. The molecule has 0 radical (unpaired) electrons. The van der Waals surface area contributed by atoms with E-state index in [-0.39, 0.29) is 22.9 Å². The third-order valence-corrected chi connectivity index (χ3v) is 5.38. The molecule has 2 aromatic carbocycles. The molecule has 0 spiro atoms. The molecule has 5 aromatic rings. The molecule has 11 heteroatoms. The van der Waals surface area contributed by atoms with Gasteiger partial charge < -0.3 is 10.2 Å². The van der Waals surface area contributed by atoms with Gasteiger partial charge in [-0.05, 0) is 36.4 Å². The number of aromatic hydroxyl groups is 2. The maximum Gasteiger partial charge on any atom is 0.289 e. The summed E-state index contributed by atoms with van der Waals surface area (Å²) in [5, 5.41) is 29.2. The second-order valence-electron chi connectivity index (χ2n) is 7.98. The van der Waals surface area contributed by atoms with Crippen molar-refractivity contribution in [3.63, 3.8) is 0 Å². The number of fused-ring (bicyclic) bond motifs is 2. The average molecular weight is 505 g/mol. The Kier molecular flexibility index (Phi) is 6.63. The SMILES string of the molecule is O=C(N/N=C/c1ccc2cccc(O)c2n1)c1cccc(C(=O)N/N=C/c2ccc3cccc(O)c3n2)n1. The van der Waals surface area contributed by atoms with Gasteiger partial charge in [0.05, 0.1) is 23.8 Å². The van der Waals surface area contributed by atoms with E-state index in [1.165, 1.54) is 42.8 Å². The smallest absolute Gasteiger partial charge is 0.289 e. The van der Waals surface area contributed by atoms with Crippen molar-refractivity contribution in [1.29, 1.82) is 0 Å². The molecule has 0 saturated heterocycles. The summed E-state index contributed by atoms with van der Waals surface area (Å²) in [6.07, 6.45) is 2.66.